The van der Waals surface area contributed by atoms with Crippen molar-refractivity contribution in [2.75, 3.05) is 19.8 Å². The second-order valence-electron chi connectivity index (χ2n) is 3.09. The first kappa shape index (κ1) is 10.5. The van der Waals surface area contributed by atoms with E-state index in [1.54, 1.807) is 0 Å². The fraction of sp³-hybridized carbons (Fsp3) is 0.889. The Bertz CT molecular complexity index is 156. The molecule has 76 valence electrons. The zero-order valence-corrected chi connectivity index (χ0v) is 8.28. The molecule has 0 aromatic carbocycles. The topological polar surface area (TPSA) is 38.8 Å². The second kappa shape index (κ2) is 5.19. The van der Waals surface area contributed by atoms with Crippen LogP contribution < -0.4 is 0 Å². The monoisotopic (exact) mass is 187 g/mol. The molecule has 13 heavy (non-hydrogen) atoms. The number of hydroxylamine groups is 2. The largest absolute Gasteiger partial charge is 0.366 e. The summed E-state index contributed by atoms with van der Waals surface area (Å²) in [7, 11) is 0. The number of ether oxygens (including phenoxy) is 1. The molecule has 0 N–H and O–H groups in total. The lowest BCUT2D eigenvalue weighted by molar-refractivity contribution is -0.235. The van der Waals surface area contributed by atoms with Crippen LogP contribution in [0, 0.1) is 0 Å². The zero-order chi connectivity index (χ0) is 9.68. The molecule has 0 radical (unpaired) electrons. The summed E-state index contributed by atoms with van der Waals surface area (Å²) in [6, 6.07) is 0. The molecule has 1 aliphatic rings. The minimum atomic E-state index is -0.253. The maximum absolute atomic E-state index is 11.2. The maximum atomic E-state index is 11.2. The van der Waals surface area contributed by atoms with Gasteiger partial charge in [-0.2, -0.15) is 0 Å². The first-order valence-corrected chi connectivity index (χ1v) is 4.85. The normalized spacial score (nSPS) is 21.8. The Morgan fingerprint density at radius 3 is 2.62 bits per heavy atom. The van der Waals surface area contributed by atoms with Crippen LogP contribution in [0.5, 0.6) is 0 Å². The van der Waals surface area contributed by atoms with Crippen LogP contribution in [0.15, 0.2) is 0 Å². The molecule has 1 atom stereocenters. The van der Waals surface area contributed by atoms with Crippen LogP contribution in [0.1, 0.15) is 26.7 Å². The quantitative estimate of drug-likeness (QED) is 0.581. The van der Waals surface area contributed by atoms with Gasteiger partial charge in [-0.15, -0.1) is 0 Å². The van der Waals surface area contributed by atoms with Gasteiger partial charge >= 0.3 is 0 Å². The lowest BCUT2D eigenvalue weighted by atomic mass is 10.2. The number of rotatable bonds is 6. The van der Waals surface area contributed by atoms with E-state index >= 15 is 0 Å². The van der Waals surface area contributed by atoms with Crippen LogP contribution >= 0.6 is 0 Å². The first-order chi connectivity index (χ1) is 6.29. The number of carbonyl (C=O) groups is 1. The van der Waals surface area contributed by atoms with Crippen molar-refractivity contribution < 1.29 is 14.4 Å². The third-order valence-electron chi connectivity index (χ3n) is 1.83. The van der Waals surface area contributed by atoms with Gasteiger partial charge in [0.1, 0.15) is 0 Å². The third kappa shape index (κ3) is 2.67. The molecule has 0 spiro atoms. The summed E-state index contributed by atoms with van der Waals surface area (Å²) in [6.07, 6.45) is 1.61. The summed E-state index contributed by atoms with van der Waals surface area (Å²) in [5.41, 5.74) is 0. The SMILES string of the molecule is CCCOC1CN(OCCC)C1=O. The van der Waals surface area contributed by atoms with Crippen molar-refractivity contribution in [2.24, 2.45) is 0 Å². The van der Waals surface area contributed by atoms with Crippen molar-refractivity contribution >= 4 is 5.91 Å². The Balaban J connectivity index is 2.11. The Morgan fingerprint density at radius 2 is 2.08 bits per heavy atom. The molecule has 1 heterocycles. The summed E-state index contributed by atoms with van der Waals surface area (Å²) in [5, 5.41) is 1.38. The molecule has 4 nitrogen and oxygen atoms in total. The highest BCUT2D eigenvalue weighted by Crippen LogP contribution is 2.14. The van der Waals surface area contributed by atoms with Crippen molar-refractivity contribution in [1.29, 1.82) is 0 Å². The zero-order valence-electron chi connectivity index (χ0n) is 8.28. The highest BCUT2D eigenvalue weighted by molar-refractivity contribution is 5.85. The summed E-state index contributed by atoms with van der Waals surface area (Å²) < 4.78 is 5.28. The molecule has 0 saturated carbocycles. The van der Waals surface area contributed by atoms with Gasteiger partial charge in [0.25, 0.3) is 5.91 Å². The highest BCUT2D eigenvalue weighted by Gasteiger charge is 2.38. The second-order valence-corrected chi connectivity index (χ2v) is 3.09. The van der Waals surface area contributed by atoms with E-state index in [1.165, 1.54) is 5.06 Å². The molecule has 0 aliphatic carbocycles. The molecular weight excluding hydrogens is 170 g/mol. The van der Waals surface area contributed by atoms with Gasteiger partial charge in [0, 0.05) is 6.61 Å². The lowest BCUT2D eigenvalue weighted by Crippen LogP contribution is -2.57. The Labute approximate surface area is 78.8 Å². The number of amides is 1. The molecular formula is C9H17NO3. The van der Waals surface area contributed by atoms with Gasteiger partial charge in [0.15, 0.2) is 6.10 Å². The van der Waals surface area contributed by atoms with Gasteiger partial charge in [-0.1, -0.05) is 13.8 Å². The van der Waals surface area contributed by atoms with Crippen LogP contribution in [-0.2, 0) is 14.4 Å². The minimum Gasteiger partial charge on any atom is -0.366 e. The van der Waals surface area contributed by atoms with Crippen molar-refractivity contribution in [3.05, 3.63) is 0 Å². The Hall–Kier alpha value is -0.610. The van der Waals surface area contributed by atoms with Crippen molar-refractivity contribution in [3.63, 3.8) is 0 Å². The highest BCUT2D eigenvalue weighted by atomic mass is 16.7. The predicted molar refractivity (Wildman–Crippen MR) is 48.0 cm³/mol. The van der Waals surface area contributed by atoms with Gasteiger partial charge in [-0.3, -0.25) is 9.63 Å². The number of hydrogen-bond acceptors (Lipinski definition) is 3. The maximum Gasteiger partial charge on any atom is 0.277 e. The summed E-state index contributed by atoms with van der Waals surface area (Å²) in [4.78, 5) is 16.4. The van der Waals surface area contributed by atoms with Crippen molar-refractivity contribution in [2.45, 2.75) is 32.8 Å². The molecule has 1 unspecified atom stereocenters. The van der Waals surface area contributed by atoms with E-state index in [0.717, 1.165) is 12.8 Å². The van der Waals surface area contributed by atoms with Crippen molar-refractivity contribution in [1.82, 2.24) is 5.06 Å². The average Bonchev–Trinajstić information content (AvgIpc) is 2.15. The predicted octanol–water partition coefficient (Wildman–Crippen LogP) is 0.965. The molecule has 4 heteroatoms. The fourth-order valence-electron chi connectivity index (χ4n) is 1.07. The Kier molecular flexibility index (Phi) is 4.18. The molecule has 1 aliphatic heterocycles. The molecule has 1 saturated heterocycles. The molecule has 0 aromatic rings. The third-order valence-corrected chi connectivity index (χ3v) is 1.83. The van der Waals surface area contributed by atoms with Gasteiger partial charge in [0.2, 0.25) is 0 Å². The summed E-state index contributed by atoms with van der Waals surface area (Å²) in [5.74, 6) is -0.0399. The van der Waals surface area contributed by atoms with Gasteiger partial charge in [0.05, 0.1) is 13.2 Å². The van der Waals surface area contributed by atoms with Gasteiger partial charge in [-0.25, -0.2) is 5.06 Å². The number of nitrogens with zero attached hydrogens (tertiary/aromatic N) is 1. The number of hydrogen-bond donors (Lipinski definition) is 0. The van der Waals surface area contributed by atoms with Crippen LogP contribution in [0.25, 0.3) is 0 Å². The van der Waals surface area contributed by atoms with E-state index in [2.05, 4.69) is 0 Å². The fourth-order valence-corrected chi connectivity index (χ4v) is 1.07. The Morgan fingerprint density at radius 1 is 1.38 bits per heavy atom. The van der Waals surface area contributed by atoms with Crippen LogP contribution in [0.3, 0.4) is 0 Å². The standard InChI is InChI=1S/C9H17NO3/c1-3-5-12-8-7-10(9(8)11)13-6-4-2/h8H,3-7H2,1-2H3. The molecule has 0 bridgehead atoms. The van der Waals surface area contributed by atoms with E-state index in [1.807, 2.05) is 13.8 Å². The molecule has 0 aromatic heterocycles. The summed E-state index contributed by atoms with van der Waals surface area (Å²) in [6.45, 7) is 5.87. The molecule has 1 amide bonds. The number of β-lactam (4-membered cyclic amide) rings is 1. The van der Waals surface area contributed by atoms with Gasteiger partial charge < -0.3 is 4.74 Å². The average molecular weight is 187 g/mol. The number of carbonyl (C=O) groups excluding carboxylic acids is 1. The lowest BCUT2D eigenvalue weighted by Gasteiger charge is -2.36. The van der Waals surface area contributed by atoms with Crippen LogP contribution in [0.4, 0.5) is 0 Å². The van der Waals surface area contributed by atoms with E-state index in [-0.39, 0.29) is 12.0 Å². The van der Waals surface area contributed by atoms with Crippen LogP contribution in [-0.4, -0.2) is 36.8 Å². The van der Waals surface area contributed by atoms with Crippen molar-refractivity contribution in [3.8, 4) is 0 Å². The molecule has 1 fully saturated rings. The molecule has 1 rings (SSSR count). The van der Waals surface area contributed by atoms with Gasteiger partial charge in [-0.05, 0) is 12.8 Å². The van der Waals surface area contributed by atoms with E-state index in [0.29, 0.717) is 19.8 Å². The smallest absolute Gasteiger partial charge is 0.277 e. The van der Waals surface area contributed by atoms with Crippen LogP contribution in [0.2, 0.25) is 0 Å². The minimum absolute atomic E-state index is 0.0399. The van der Waals surface area contributed by atoms with E-state index in [4.69, 9.17) is 9.57 Å². The van der Waals surface area contributed by atoms with E-state index < -0.39 is 0 Å². The van der Waals surface area contributed by atoms with E-state index in [9.17, 15) is 4.79 Å². The summed E-state index contributed by atoms with van der Waals surface area (Å²) >= 11 is 0. The first-order valence-electron chi connectivity index (χ1n) is 4.85.